The molecular weight excluding hydrogens is 224 g/mol. The molecule has 1 atom stereocenters. The van der Waals surface area contributed by atoms with Crippen molar-refractivity contribution in [3.05, 3.63) is 35.4 Å². The summed E-state index contributed by atoms with van der Waals surface area (Å²) in [5.74, 6) is -0.414. The number of likely N-dealkylation sites (N-methyl/N-ethyl adjacent to an activating group) is 1. The summed E-state index contributed by atoms with van der Waals surface area (Å²) in [4.78, 5) is 11.2. The van der Waals surface area contributed by atoms with E-state index >= 15 is 0 Å². The lowest BCUT2D eigenvalue weighted by atomic mass is 10.1. The van der Waals surface area contributed by atoms with Gasteiger partial charge in [0.05, 0.1) is 0 Å². The second kappa shape index (κ2) is 5.07. The predicted octanol–water partition coefficient (Wildman–Crippen LogP) is 2.65. The van der Waals surface area contributed by atoms with E-state index < -0.39 is 17.7 Å². The number of alkyl halides is 3. The van der Waals surface area contributed by atoms with Crippen molar-refractivity contribution in [3.63, 3.8) is 0 Å². The van der Waals surface area contributed by atoms with Gasteiger partial charge in [0.15, 0.2) is 0 Å². The highest BCUT2D eigenvalue weighted by Crippen LogP contribution is 2.25. The van der Waals surface area contributed by atoms with Crippen LogP contribution in [0.5, 0.6) is 0 Å². The maximum Gasteiger partial charge on any atom is 0.263 e. The van der Waals surface area contributed by atoms with Crippen LogP contribution in [0.3, 0.4) is 0 Å². The first-order chi connectivity index (χ1) is 7.06. The van der Waals surface area contributed by atoms with Gasteiger partial charge < -0.3 is 5.32 Å². The Kier molecular flexibility index (Phi) is 4.03. The number of amides is 1. The SMILES string of the molecule is CNC(=O)C(Cl)c1cccc(C(F)F)c1. The molecule has 0 bridgehead atoms. The number of hydrogen-bond acceptors (Lipinski definition) is 1. The van der Waals surface area contributed by atoms with Crippen molar-refractivity contribution in [2.24, 2.45) is 0 Å². The fourth-order valence-electron chi connectivity index (χ4n) is 1.13. The molecule has 0 aromatic heterocycles. The van der Waals surface area contributed by atoms with Crippen LogP contribution in [-0.2, 0) is 4.79 Å². The van der Waals surface area contributed by atoms with Gasteiger partial charge in [-0.15, -0.1) is 11.6 Å². The highest BCUT2D eigenvalue weighted by atomic mass is 35.5. The minimum absolute atomic E-state index is 0.137. The second-order valence-corrected chi connectivity index (χ2v) is 3.38. The summed E-state index contributed by atoms with van der Waals surface area (Å²) >= 11 is 5.78. The lowest BCUT2D eigenvalue weighted by molar-refractivity contribution is -0.120. The maximum absolute atomic E-state index is 12.3. The van der Waals surface area contributed by atoms with Gasteiger partial charge in [0, 0.05) is 12.6 Å². The van der Waals surface area contributed by atoms with Crippen molar-refractivity contribution < 1.29 is 13.6 Å². The van der Waals surface area contributed by atoms with E-state index in [2.05, 4.69) is 5.32 Å². The number of benzene rings is 1. The lowest BCUT2D eigenvalue weighted by Crippen LogP contribution is -2.22. The highest BCUT2D eigenvalue weighted by Gasteiger charge is 2.17. The van der Waals surface area contributed by atoms with Gasteiger partial charge in [0.25, 0.3) is 6.43 Å². The molecule has 1 aromatic carbocycles. The van der Waals surface area contributed by atoms with E-state index in [0.29, 0.717) is 5.56 Å². The first kappa shape index (κ1) is 11.9. The summed E-state index contributed by atoms with van der Waals surface area (Å²) in [6, 6.07) is 5.52. The Morgan fingerprint density at radius 1 is 1.40 bits per heavy atom. The Labute approximate surface area is 91.2 Å². The van der Waals surface area contributed by atoms with Gasteiger partial charge in [0.1, 0.15) is 5.38 Å². The average molecular weight is 234 g/mol. The van der Waals surface area contributed by atoms with Gasteiger partial charge in [-0.25, -0.2) is 8.78 Å². The van der Waals surface area contributed by atoms with E-state index in [1.165, 1.54) is 25.2 Å². The van der Waals surface area contributed by atoms with Gasteiger partial charge in [0.2, 0.25) is 5.91 Å². The largest absolute Gasteiger partial charge is 0.358 e. The number of rotatable bonds is 3. The van der Waals surface area contributed by atoms with Crippen LogP contribution in [0.2, 0.25) is 0 Å². The smallest absolute Gasteiger partial charge is 0.263 e. The summed E-state index contributed by atoms with van der Waals surface area (Å²) < 4.78 is 24.7. The zero-order chi connectivity index (χ0) is 11.4. The Balaban J connectivity index is 2.95. The molecule has 0 aliphatic heterocycles. The van der Waals surface area contributed by atoms with Crippen LogP contribution in [-0.4, -0.2) is 13.0 Å². The average Bonchev–Trinajstić information content (AvgIpc) is 2.27. The van der Waals surface area contributed by atoms with Crippen LogP contribution < -0.4 is 5.32 Å². The molecule has 1 rings (SSSR count). The molecule has 0 aliphatic carbocycles. The molecule has 1 unspecified atom stereocenters. The molecule has 82 valence electrons. The summed E-state index contributed by atoms with van der Waals surface area (Å²) in [7, 11) is 1.44. The fourth-order valence-corrected chi connectivity index (χ4v) is 1.38. The van der Waals surface area contributed by atoms with Crippen molar-refractivity contribution in [1.29, 1.82) is 0 Å². The van der Waals surface area contributed by atoms with Gasteiger partial charge in [-0.2, -0.15) is 0 Å². The van der Waals surface area contributed by atoms with Crippen LogP contribution in [0.25, 0.3) is 0 Å². The second-order valence-electron chi connectivity index (χ2n) is 2.95. The van der Waals surface area contributed by atoms with E-state index in [1.807, 2.05) is 0 Å². The highest BCUT2D eigenvalue weighted by molar-refractivity contribution is 6.30. The zero-order valence-corrected chi connectivity index (χ0v) is 8.76. The number of halogens is 3. The Hall–Kier alpha value is -1.16. The molecule has 0 saturated heterocycles. The molecule has 0 radical (unpaired) electrons. The van der Waals surface area contributed by atoms with E-state index in [4.69, 9.17) is 11.6 Å². The number of carbonyl (C=O) groups excluding carboxylic acids is 1. The standard InChI is InChI=1S/C10H10ClF2NO/c1-14-10(15)8(11)6-3-2-4-7(5-6)9(12)13/h2-5,8-9H,1H3,(H,14,15). The van der Waals surface area contributed by atoms with Crippen molar-refractivity contribution in [3.8, 4) is 0 Å². The summed E-state index contributed by atoms with van der Waals surface area (Å²) in [5, 5.41) is 1.42. The summed E-state index contributed by atoms with van der Waals surface area (Å²) in [6.07, 6.45) is -2.56. The van der Waals surface area contributed by atoms with Gasteiger partial charge in [-0.05, 0) is 11.6 Å². The molecular formula is C10H10ClF2NO. The maximum atomic E-state index is 12.3. The lowest BCUT2D eigenvalue weighted by Gasteiger charge is -2.09. The van der Waals surface area contributed by atoms with E-state index in [9.17, 15) is 13.6 Å². The minimum Gasteiger partial charge on any atom is -0.358 e. The van der Waals surface area contributed by atoms with E-state index in [-0.39, 0.29) is 5.56 Å². The van der Waals surface area contributed by atoms with E-state index in [1.54, 1.807) is 6.07 Å². The third-order valence-corrected chi connectivity index (χ3v) is 2.38. The Morgan fingerprint density at radius 3 is 2.53 bits per heavy atom. The summed E-state index contributed by atoms with van der Waals surface area (Å²) in [6.45, 7) is 0. The Bertz CT molecular complexity index is 357. The van der Waals surface area contributed by atoms with Crippen molar-refractivity contribution in [1.82, 2.24) is 5.32 Å². The van der Waals surface area contributed by atoms with Crippen molar-refractivity contribution >= 4 is 17.5 Å². The van der Waals surface area contributed by atoms with Gasteiger partial charge >= 0.3 is 0 Å². The molecule has 0 heterocycles. The van der Waals surface area contributed by atoms with E-state index in [0.717, 1.165) is 0 Å². The Morgan fingerprint density at radius 2 is 2.00 bits per heavy atom. The van der Waals surface area contributed by atoms with Crippen molar-refractivity contribution in [2.75, 3.05) is 7.05 Å². The number of nitrogens with one attached hydrogen (secondary N) is 1. The molecule has 1 amide bonds. The molecule has 1 aromatic rings. The molecule has 0 saturated carbocycles. The molecule has 1 N–H and O–H groups in total. The topological polar surface area (TPSA) is 29.1 Å². The van der Waals surface area contributed by atoms with Crippen LogP contribution in [0, 0.1) is 0 Å². The molecule has 5 heteroatoms. The molecule has 0 fully saturated rings. The molecule has 0 aliphatic rings. The molecule has 15 heavy (non-hydrogen) atoms. The normalized spacial score (nSPS) is 12.6. The minimum atomic E-state index is -2.56. The third-order valence-electron chi connectivity index (χ3n) is 1.93. The van der Waals surface area contributed by atoms with Gasteiger partial charge in [-0.3, -0.25) is 4.79 Å². The zero-order valence-electron chi connectivity index (χ0n) is 8.01. The first-order valence-electron chi connectivity index (χ1n) is 4.30. The third kappa shape index (κ3) is 2.89. The van der Waals surface area contributed by atoms with Crippen LogP contribution in [0.4, 0.5) is 8.78 Å². The van der Waals surface area contributed by atoms with Crippen LogP contribution in [0.15, 0.2) is 24.3 Å². The summed E-state index contributed by atoms with van der Waals surface area (Å²) in [5.41, 5.74) is 0.232. The first-order valence-corrected chi connectivity index (χ1v) is 4.73. The number of carbonyl (C=O) groups is 1. The van der Waals surface area contributed by atoms with Crippen LogP contribution in [0.1, 0.15) is 22.9 Å². The monoisotopic (exact) mass is 233 g/mol. The van der Waals surface area contributed by atoms with Gasteiger partial charge in [-0.1, -0.05) is 18.2 Å². The molecule has 2 nitrogen and oxygen atoms in total. The molecule has 0 spiro atoms. The quantitative estimate of drug-likeness (QED) is 0.799. The van der Waals surface area contributed by atoms with Crippen LogP contribution >= 0.6 is 11.6 Å². The predicted molar refractivity (Wildman–Crippen MR) is 54.1 cm³/mol. The fraction of sp³-hybridized carbons (Fsp3) is 0.300. The number of hydrogen-bond donors (Lipinski definition) is 1. The van der Waals surface area contributed by atoms with Crippen molar-refractivity contribution in [2.45, 2.75) is 11.8 Å².